The van der Waals surface area contributed by atoms with Gasteiger partial charge in [0.2, 0.25) is 0 Å². The van der Waals surface area contributed by atoms with Crippen molar-refractivity contribution in [2.75, 3.05) is 13.2 Å². The molecule has 0 radical (unpaired) electrons. The Morgan fingerprint density at radius 3 is 2.68 bits per heavy atom. The van der Waals surface area contributed by atoms with E-state index in [0.717, 1.165) is 22.9 Å². The summed E-state index contributed by atoms with van der Waals surface area (Å²) >= 11 is 3.50. The number of benzene rings is 1. The Bertz CT molecular complexity index is 454. The van der Waals surface area contributed by atoms with Crippen LogP contribution >= 0.6 is 15.9 Å². The van der Waals surface area contributed by atoms with E-state index in [0.29, 0.717) is 18.1 Å². The Morgan fingerprint density at radius 2 is 2.11 bits per heavy atom. The number of terminal acetylenes is 1. The van der Waals surface area contributed by atoms with E-state index in [1.54, 1.807) is 0 Å². The predicted octanol–water partition coefficient (Wildman–Crippen LogP) is 3.14. The number of ether oxygens (including phenoxy) is 2. The minimum absolute atomic E-state index is 0.152. The van der Waals surface area contributed by atoms with Crippen LogP contribution in [0.2, 0.25) is 0 Å². The topological polar surface area (TPSA) is 44.5 Å². The molecule has 3 nitrogen and oxygen atoms in total. The van der Waals surface area contributed by atoms with E-state index >= 15 is 0 Å². The van der Waals surface area contributed by atoms with Gasteiger partial charge in [0, 0.05) is 6.04 Å². The average Bonchev–Trinajstić information content (AvgIpc) is 2.38. The maximum Gasteiger partial charge on any atom is 0.176 e. The van der Waals surface area contributed by atoms with E-state index in [1.165, 1.54) is 0 Å². The highest BCUT2D eigenvalue weighted by Crippen LogP contribution is 2.37. The minimum atomic E-state index is 0.152. The number of hydrogen-bond acceptors (Lipinski definition) is 3. The first-order valence-electron chi connectivity index (χ1n) is 6.39. The molecule has 1 unspecified atom stereocenters. The van der Waals surface area contributed by atoms with Crippen molar-refractivity contribution in [3.8, 4) is 23.8 Å². The second kappa shape index (κ2) is 8.08. The Balaban J connectivity index is 3.02. The first kappa shape index (κ1) is 15.9. The van der Waals surface area contributed by atoms with Crippen LogP contribution in [-0.2, 0) is 6.42 Å². The fourth-order valence-corrected chi connectivity index (χ4v) is 2.31. The predicted molar refractivity (Wildman–Crippen MR) is 81.6 cm³/mol. The fraction of sp³-hybridized carbons (Fsp3) is 0.467. The summed E-state index contributed by atoms with van der Waals surface area (Å²) in [4.78, 5) is 0. The standard InChI is InChI=1S/C15H20BrNO2/c1-4-7-19-15-13(16)9-11(8-12(17)5-2)10-14(15)18-6-3/h1,9-10,12H,5-8,17H2,2-3H3. The third-order valence-electron chi connectivity index (χ3n) is 2.69. The van der Waals surface area contributed by atoms with Gasteiger partial charge in [-0.15, -0.1) is 6.42 Å². The molecule has 0 bridgehead atoms. The molecule has 4 heteroatoms. The fourth-order valence-electron chi connectivity index (χ4n) is 1.70. The molecule has 0 aromatic heterocycles. The molecule has 0 spiro atoms. The zero-order chi connectivity index (χ0) is 14.3. The monoisotopic (exact) mass is 325 g/mol. The number of hydrogen-bond donors (Lipinski definition) is 1. The molecule has 1 aromatic carbocycles. The van der Waals surface area contributed by atoms with E-state index in [9.17, 15) is 0 Å². The molecule has 1 atom stereocenters. The lowest BCUT2D eigenvalue weighted by molar-refractivity contribution is 0.297. The summed E-state index contributed by atoms with van der Waals surface area (Å²) in [6.07, 6.45) is 6.97. The molecule has 0 aliphatic rings. The third-order valence-corrected chi connectivity index (χ3v) is 3.28. The van der Waals surface area contributed by atoms with Crippen LogP contribution in [-0.4, -0.2) is 19.3 Å². The van der Waals surface area contributed by atoms with E-state index in [1.807, 2.05) is 19.1 Å². The van der Waals surface area contributed by atoms with Crippen molar-refractivity contribution in [1.29, 1.82) is 0 Å². The van der Waals surface area contributed by atoms with Gasteiger partial charge in [-0.25, -0.2) is 0 Å². The summed E-state index contributed by atoms with van der Waals surface area (Å²) in [5.41, 5.74) is 7.11. The van der Waals surface area contributed by atoms with Crippen molar-refractivity contribution >= 4 is 15.9 Å². The molecule has 1 rings (SSSR count). The van der Waals surface area contributed by atoms with Crippen molar-refractivity contribution in [3.05, 3.63) is 22.2 Å². The molecule has 0 amide bonds. The Hall–Kier alpha value is -1.18. The zero-order valence-corrected chi connectivity index (χ0v) is 13.0. The highest BCUT2D eigenvalue weighted by atomic mass is 79.9. The van der Waals surface area contributed by atoms with Gasteiger partial charge >= 0.3 is 0 Å². The van der Waals surface area contributed by atoms with Crippen LogP contribution in [0.15, 0.2) is 16.6 Å². The molecule has 1 aromatic rings. The molecular formula is C15H20BrNO2. The van der Waals surface area contributed by atoms with Gasteiger partial charge in [0.05, 0.1) is 11.1 Å². The van der Waals surface area contributed by atoms with E-state index in [2.05, 4.69) is 28.8 Å². The van der Waals surface area contributed by atoms with Crippen LogP contribution in [0.4, 0.5) is 0 Å². The van der Waals surface area contributed by atoms with E-state index in [4.69, 9.17) is 21.6 Å². The Labute approximate surface area is 123 Å². The number of halogens is 1. The summed E-state index contributed by atoms with van der Waals surface area (Å²) < 4.78 is 12.0. The van der Waals surface area contributed by atoms with Gasteiger partial charge < -0.3 is 15.2 Å². The molecule has 19 heavy (non-hydrogen) atoms. The normalized spacial score (nSPS) is 11.7. The summed E-state index contributed by atoms with van der Waals surface area (Å²) in [7, 11) is 0. The maximum absolute atomic E-state index is 5.98. The van der Waals surface area contributed by atoms with Gasteiger partial charge in [-0.1, -0.05) is 12.8 Å². The number of rotatable bonds is 7. The summed E-state index contributed by atoms with van der Waals surface area (Å²) in [6.45, 7) is 4.80. The van der Waals surface area contributed by atoms with E-state index in [-0.39, 0.29) is 12.6 Å². The molecule has 0 aliphatic carbocycles. The van der Waals surface area contributed by atoms with Crippen LogP contribution in [0.1, 0.15) is 25.8 Å². The van der Waals surface area contributed by atoms with Gasteiger partial charge in [0.15, 0.2) is 11.5 Å². The van der Waals surface area contributed by atoms with Crippen LogP contribution in [0.3, 0.4) is 0 Å². The van der Waals surface area contributed by atoms with Crippen LogP contribution < -0.4 is 15.2 Å². The molecule has 104 valence electrons. The molecule has 2 N–H and O–H groups in total. The molecule has 0 aliphatic heterocycles. The van der Waals surface area contributed by atoms with Gasteiger partial charge in [-0.05, 0) is 53.4 Å². The summed E-state index contributed by atoms with van der Waals surface area (Å²) in [5, 5.41) is 0. The van der Waals surface area contributed by atoms with Crippen LogP contribution in [0.5, 0.6) is 11.5 Å². The van der Waals surface area contributed by atoms with Crippen LogP contribution in [0, 0.1) is 12.3 Å². The van der Waals surface area contributed by atoms with Gasteiger partial charge in [-0.3, -0.25) is 0 Å². The van der Waals surface area contributed by atoms with Gasteiger partial charge in [0.25, 0.3) is 0 Å². The smallest absolute Gasteiger partial charge is 0.176 e. The highest BCUT2D eigenvalue weighted by molar-refractivity contribution is 9.10. The second-order valence-electron chi connectivity index (χ2n) is 4.20. The molecular weight excluding hydrogens is 306 g/mol. The molecule has 0 saturated heterocycles. The summed E-state index contributed by atoms with van der Waals surface area (Å²) in [6, 6.07) is 4.12. The Kier molecular flexibility index (Phi) is 6.75. The lowest BCUT2D eigenvalue weighted by atomic mass is 10.0. The van der Waals surface area contributed by atoms with Gasteiger partial charge in [0.1, 0.15) is 6.61 Å². The maximum atomic E-state index is 5.98. The lowest BCUT2D eigenvalue weighted by Crippen LogP contribution is -2.21. The average molecular weight is 326 g/mol. The zero-order valence-electron chi connectivity index (χ0n) is 11.4. The third kappa shape index (κ3) is 4.77. The first-order valence-corrected chi connectivity index (χ1v) is 7.18. The second-order valence-corrected chi connectivity index (χ2v) is 5.06. The van der Waals surface area contributed by atoms with Crippen molar-refractivity contribution in [3.63, 3.8) is 0 Å². The highest BCUT2D eigenvalue weighted by Gasteiger charge is 2.13. The number of nitrogens with two attached hydrogens (primary N) is 1. The van der Waals surface area contributed by atoms with Crippen LogP contribution in [0.25, 0.3) is 0 Å². The quantitative estimate of drug-likeness (QED) is 0.783. The van der Waals surface area contributed by atoms with E-state index < -0.39 is 0 Å². The van der Waals surface area contributed by atoms with Crippen molar-refractivity contribution in [2.24, 2.45) is 5.73 Å². The molecule has 0 fully saturated rings. The largest absolute Gasteiger partial charge is 0.490 e. The Morgan fingerprint density at radius 1 is 1.37 bits per heavy atom. The van der Waals surface area contributed by atoms with Gasteiger partial charge in [-0.2, -0.15) is 0 Å². The first-order chi connectivity index (χ1) is 9.12. The summed E-state index contributed by atoms with van der Waals surface area (Å²) in [5.74, 6) is 3.80. The van der Waals surface area contributed by atoms with Crippen molar-refractivity contribution in [2.45, 2.75) is 32.7 Å². The minimum Gasteiger partial charge on any atom is -0.490 e. The molecule has 0 heterocycles. The lowest BCUT2D eigenvalue weighted by Gasteiger charge is -2.15. The van der Waals surface area contributed by atoms with Crippen molar-refractivity contribution < 1.29 is 9.47 Å². The molecule has 0 saturated carbocycles. The van der Waals surface area contributed by atoms with Crippen molar-refractivity contribution in [1.82, 2.24) is 0 Å². The SMILES string of the molecule is C#CCOc1c(Br)cc(CC(N)CC)cc1OCC.